The highest BCUT2D eigenvalue weighted by molar-refractivity contribution is 6.33. The van der Waals surface area contributed by atoms with Crippen molar-refractivity contribution in [1.82, 2.24) is 10.2 Å². The van der Waals surface area contributed by atoms with E-state index in [1.807, 2.05) is 6.07 Å². The maximum absolute atomic E-state index is 12.4. The SMILES string of the molecule is CC(NC(=O)c1ccccc1Cl)C(=O)N(C)CC(=O)Nc1ccccc1. The van der Waals surface area contributed by atoms with E-state index in [4.69, 9.17) is 11.6 Å². The predicted molar refractivity (Wildman–Crippen MR) is 101 cm³/mol. The number of anilines is 1. The lowest BCUT2D eigenvalue weighted by Gasteiger charge is -2.22. The van der Waals surface area contributed by atoms with Crippen molar-refractivity contribution in [2.75, 3.05) is 18.9 Å². The Bertz CT molecular complexity index is 796. The zero-order chi connectivity index (χ0) is 19.1. The van der Waals surface area contributed by atoms with Crippen LogP contribution >= 0.6 is 11.6 Å². The molecule has 3 amide bonds. The van der Waals surface area contributed by atoms with E-state index in [2.05, 4.69) is 10.6 Å². The van der Waals surface area contributed by atoms with Crippen LogP contribution in [0.25, 0.3) is 0 Å². The average Bonchev–Trinajstić information content (AvgIpc) is 2.61. The molecule has 0 saturated carbocycles. The molecule has 136 valence electrons. The van der Waals surface area contributed by atoms with Crippen LogP contribution in [-0.4, -0.2) is 42.3 Å². The minimum Gasteiger partial charge on any atom is -0.340 e. The normalized spacial score (nSPS) is 11.3. The maximum atomic E-state index is 12.4. The Morgan fingerprint density at radius 3 is 2.31 bits per heavy atom. The molecule has 0 aromatic heterocycles. The number of carbonyl (C=O) groups is 3. The van der Waals surface area contributed by atoms with Crippen LogP contribution in [0.5, 0.6) is 0 Å². The van der Waals surface area contributed by atoms with E-state index in [1.165, 1.54) is 11.9 Å². The zero-order valence-corrected chi connectivity index (χ0v) is 15.3. The molecule has 1 unspecified atom stereocenters. The Morgan fingerprint density at radius 2 is 1.65 bits per heavy atom. The summed E-state index contributed by atoms with van der Waals surface area (Å²) in [5.74, 6) is -1.15. The van der Waals surface area contributed by atoms with Crippen LogP contribution in [0.1, 0.15) is 17.3 Å². The molecule has 0 aliphatic heterocycles. The number of benzene rings is 2. The van der Waals surface area contributed by atoms with E-state index in [1.54, 1.807) is 55.5 Å². The second kappa shape index (κ2) is 9.01. The van der Waals surface area contributed by atoms with Crippen molar-refractivity contribution < 1.29 is 14.4 Å². The Labute approximate surface area is 157 Å². The van der Waals surface area contributed by atoms with Gasteiger partial charge >= 0.3 is 0 Å². The number of para-hydroxylation sites is 1. The van der Waals surface area contributed by atoms with Crippen LogP contribution < -0.4 is 10.6 Å². The van der Waals surface area contributed by atoms with E-state index in [9.17, 15) is 14.4 Å². The van der Waals surface area contributed by atoms with Gasteiger partial charge in [-0.3, -0.25) is 14.4 Å². The molecule has 0 heterocycles. The molecule has 1 atom stereocenters. The highest BCUT2D eigenvalue weighted by Gasteiger charge is 2.22. The van der Waals surface area contributed by atoms with Gasteiger partial charge in [0.05, 0.1) is 17.1 Å². The predicted octanol–water partition coefficient (Wildman–Crippen LogP) is 2.56. The van der Waals surface area contributed by atoms with Crippen molar-refractivity contribution in [3.8, 4) is 0 Å². The minimum absolute atomic E-state index is 0.125. The molecule has 0 fully saturated rings. The van der Waals surface area contributed by atoms with Crippen molar-refractivity contribution in [3.63, 3.8) is 0 Å². The number of nitrogens with zero attached hydrogens (tertiary/aromatic N) is 1. The van der Waals surface area contributed by atoms with Crippen LogP contribution in [0.3, 0.4) is 0 Å². The summed E-state index contributed by atoms with van der Waals surface area (Å²) >= 11 is 5.98. The molecule has 0 bridgehead atoms. The van der Waals surface area contributed by atoms with Crippen LogP contribution in [0, 0.1) is 0 Å². The first-order valence-corrected chi connectivity index (χ1v) is 8.41. The van der Waals surface area contributed by atoms with Crippen molar-refractivity contribution in [2.45, 2.75) is 13.0 Å². The van der Waals surface area contributed by atoms with E-state index in [-0.39, 0.29) is 18.4 Å². The molecule has 26 heavy (non-hydrogen) atoms. The summed E-state index contributed by atoms with van der Waals surface area (Å²) in [6, 6.07) is 14.7. The Hall–Kier alpha value is -2.86. The zero-order valence-electron chi connectivity index (χ0n) is 14.5. The summed E-state index contributed by atoms with van der Waals surface area (Å²) in [5, 5.41) is 5.60. The smallest absolute Gasteiger partial charge is 0.253 e. The highest BCUT2D eigenvalue weighted by Crippen LogP contribution is 2.14. The molecule has 7 heteroatoms. The van der Waals surface area contributed by atoms with Gasteiger partial charge in [-0.15, -0.1) is 0 Å². The Morgan fingerprint density at radius 1 is 1.04 bits per heavy atom. The van der Waals surface area contributed by atoms with Gasteiger partial charge in [0.1, 0.15) is 6.04 Å². The van der Waals surface area contributed by atoms with Gasteiger partial charge in [-0.1, -0.05) is 41.9 Å². The first-order valence-electron chi connectivity index (χ1n) is 8.03. The molecule has 2 N–H and O–H groups in total. The monoisotopic (exact) mass is 373 g/mol. The van der Waals surface area contributed by atoms with Crippen molar-refractivity contribution in [3.05, 3.63) is 65.2 Å². The van der Waals surface area contributed by atoms with E-state index >= 15 is 0 Å². The summed E-state index contributed by atoms with van der Waals surface area (Å²) in [7, 11) is 1.51. The second-order valence-electron chi connectivity index (χ2n) is 5.78. The fourth-order valence-electron chi connectivity index (χ4n) is 2.33. The number of halogens is 1. The molecule has 6 nitrogen and oxygen atoms in total. The van der Waals surface area contributed by atoms with Crippen LogP contribution in [0.4, 0.5) is 5.69 Å². The number of hydrogen-bond donors (Lipinski definition) is 2. The number of nitrogens with one attached hydrogen (secondary N) is 2. The molecule has 0 spiro atoms. The third-order valence-corrected chi connectivity index (χ3v) is 3.98. The number of rotatable bonds is 6. The van der Waals surface area contributed by atoms with Gasteiger partial charge < -0.3 is 15.5 Å². The minimum atomic E-state index is -0.798. The Kier molecular flexibility index (Phi) is 6.74. The first kappa shape index (κ1) is 19.5. The third-order valence-electron chi connectivity index (χ3n) is 3.65. The molecule has 0 aliphatic carbocycles. The van der Waals surface area contributed by atoms with Gasteiger partial charge in [-0.05, 0) is 31.2 Å². The summed E-state index contributed by atoms with van der Waals surface area (Å²) in [6.07, 6.45) is 0. The summed E-state index contributed by atoms with van der Waals surface area (Å²) in [4.78, 5) is 37.9. The van der Waals surface area contributed by atoms with Gasteiger partial charge in [0.2, 0.25) is 11.8 Å². The van der Waals surface area contributed by atoms with E-state index < -0.39 is 11.9 Å². The molecule has 0 aliphatic rings. The number of amides is 3. The van der Waals surface area contributed by atoms with Crippen LogP contribution in [0.15, 0.2) is 54.6 Å². The van der Waals surface area contributed by atoms with Crippen molar-refractivity contribution >= 4 is 35.0 Å². The largest absolute Gasteiger partial charge is 0.340 e. The quantitative estimate of drug-likeness (QED) is 0.816. The lowest BCUT2D eigenvalue weighted by atomic mass is 10.2. The number of hydrogen-bond acceptors (Lipinski definition) is 3. The second-order valence-corrected chi connectivity index (χ2v) is 6.19. The molecule has 2 rings (SSSR count). The van der Waals surface area contributed by atoms with Gasteiger partial charge in [0.15, 0.2) is 0 Å². The van der Waals surface area contributed by atoms with E-state index in [0.717, 1.165) is 0 Å². The van der Waals surface area contributed by atoms with E-state index in [0.29, 0.717) is 16.3 Å². The van der Waals surface area contributed by atoms with Crippen molar-refractivity contribution in [2.24, 2.45) is 0 Å². The molecular formula is C19H20ClN3O3. The molecule has 2 aromatic carbocycles. The summed E-state index contributed by atoms with van der Waals surface area (Å²) in [6.45, 7) is 1.43. The summed E-state index contributed by atoms with van der Waals surface area (Å²) in [5.41, 5.74) is 0.941. The molecule has 0 saturated heterocycles. The molecular weight excluding hydrogens is 354 g/mol. The van der Waals surface area contributed by atoms with Gasteiger partial charge in [0, 0.05) is 12.7 Å². The highest BCUT2D eigenvalue weighted by atomic mass is 35.5. The fraction of sp³-hybridized carbons (Fsp3) is 0.211. The van der Waals surface area contributed by atoms with Gasteiger partial charge in [-0.25, -0.2) is 0 Å². The average molecular weight is 374 g/mol. The Balaban J connectivity index is 1.89. The standard InChI is InChI=1S/C19H20ClN3O3/c1-13(21-18(25)15-10-6-7-11-16(15)20)19(26)23(2)12-17(24)22-14-8-4-3-5-9-14/h3-11,13H,12H2,1-2H3,(H,21,25)(H,22,24). The molecule has 0 radical (unpaired) electrons. The lowest BCUT2D eigenvalue weighted by Crippen LogP contribution is -2.47. The molecule has 2 aromatic rings. The lowest BCUT2D eigenvalue weighted by molar-refractivity contribution is -0.134. The van der Waals surface area contributed by atoms with Crippen LogP contribution in [0.2, 0.25) is 5.02 Å². The first-order chi connectivity index (χ1) is 12.4. The fourth-order valence-corrected chi connectivity index (χ4v) is 2.55. The topological polar surface area (TPSA) is 78.5 Å². The third kappa shape index (κ3) is 5.32. The number of likely N-dealkylation sites (N-methyl/N-ethyl adjacent to an activating group) is 1. The number of carbonyl (C=O) groups excluding carboxylic acids is 3. The van der Waals surface area contributed by atoms with Crippen molar-refractivity contribution in [1.29, 1.82) is 0 Å². The van der Waals surface area contributed by atoms with Crippen LogP contribution in [-0.2, 0) is 9.59 Å². The van der Waals surface area contributed by atoms with Gasteiger partial charge in [0.25, 0.3) is 5.91 Å². The maximum Gasteiger partial charge on any atom is 0.253 e. The summed E-state index contributed by atoms with van der Waals surface area (Å²) < 4.78 is 0. The van der Waals surface area contributed by atoms with Gasteiger partial charge in [-0.2, -0.15) is 0 Å².